The van der Waals surface area contributed by atoms with Gasteiger partial charge in [0, 0.05) is 6.61 Å². The minimum Gasteiger partial charge on any atom is -0.481 e. The van der Waals surface area contributed by atoms with Crippen LogP contribution in [0, 0.1) is 0 Å². The summed E-state index contributed by atoms with van der Waals surface area (Å²) in [6, 6.07) is 0. The molecule has 0 saturated carbocycles. The van der Waals surface area contributed by atoms with Gasteiger partial charge in [0.2, 0.25) is 0 Å². The standard InChI is InChI=1S/C34H68O12/c1-2-3-4-5-6-7-8-9-10-11-12-14-37-16-18-39-20-22-41-24-26-43-28-30-45-32-33-46-31-29-44-27-25-42-23-21-40-19-17-38-15-13-34(35)36/h2-33H2,1H3,(H,35,36). The van der Waals surface area contributed by atoms with E-state index >= 15 is 0 Å². The van der Waals surface area contributed by atoms with Crippen LogP contribution in [0.4, 0.5) is 0 Å². The Morgan fingerprint density at radius 1 is 0.326 bits per heavy atom. The lowest BCUT2D eigenvalue weighted by atomic mass is 10.1. The number of hydrogen-bond acceptors (Lipinski definition) is 11. The van der Waals surface area contributed by atoms with Crippen LogP contribution in [0.3, 0.4) is 0 Å². The third-order valence-corrected chi connectivity index (χ3v) is 6.70. The largest absolute Gasteiger partial charge is 0.481 e. The van der Waals surface area contributed by atoms with Gasteiger partial charge in [-0.1, -0.05) is 71.1 Å². The smallest absolute Gasteiger partial charge is 0.305 e. The van der Waals surface area contributed by atoms with Gasteiger partial charge in [0.05, 0.1) is 132 Å². The molecule has 0 atom stereocenters. The second-order valence-electron chi connectivity index (χ2n) is 10.8. The average molecular weight is 669 g/mol. The predicted molar refractivity (Wildman–Crippen MR) is 177 cm³/mol. The normalized spacial score (nSPS) is 11.5. The lowest BCUT2D eigenvalue weighted by Crippen LogP contribution is -2.15. The van der Waals surface area contributed by atoms with Gasteiger partial charge < -0.3 is 52.5 Å². The molecule has 0 unspecified atom stereocenters. The first-order valence-corrected chi connectivity index (χ1v) is 17.8. The van der Waals surface area contributed by atoms with E-state index in [4.69, 9.17) is 52.5 Å². The van der Waals surface area contributed by atoms with Crippen molar-refractivity contribution in [1.29, 1.82) is 0 Å². The molecule has 0 aliphatic heterocycles. The van der Waals surface area contributed by atoms with Gasteiger partial charge in [-0.3, -0.25) is 4.79 Å². The molecule has 0 aromatic carbocycles. The van der Waals surface area contributed by atoms with Crippen LogP contribution < -0.4 is 0 Å². The second-order valence-corrected chi connectivity index (χ2v) is 10.8. The zero-order valence-electron chi connectivity index (χ0n) is 29.1. The first-order valence-electron chi connectivity index (χ1n) is 17.8. The number of carboxylic acid groups (broad SMARTS) is 1. The Morgan fingerprint density at radius 3 is 0.804 bits per heavy atom. The van der Waals surface area contributed by atoms with Crippen molar-refractivity contribution in [2.75, 3.05) is 132 Å². The molecule has 12 nitrogen and oxygen atoms in total. The van der Waals surface area contributed by atoms with E-state index in [0.717, 1.165) is 13.0 Å². The molecule has 0 heterocycles. The summed E-state index contributed by atoms with van der Waals surface area (Å²) in [5, 5.41) is 8.49. The maximum atomic E-state index is 10.3. The Balaban J connectivity index is 3.04. The maximum Gasteiger partial charge on any atom is 0.305 e. The molecule has 0 rings (SSSR count). The minimum absolute atomic E-state index is 0.00256. The van der Waals surface area contributed by atoms with Gasteiger partial charge in [0.15, 0.2) is 0 Å². The van der Waals surface area contributed by atoms with Crippen molar-refractivity contribution in [2.24, 2.45) is 0 Å². The van der Waals surface area contributed by atoms with Crippen LogP contribution in [0.5, 0.6) is 0 Å². The number of aliphatic carboxylic acids is 1. The molecule has 0 aliphatic rings. The van der Waals surface area contributed by atoms with Crippen LogP contribution >= 0.6 is 0 Å². The molecule has 0 spiro atoms. The van der Waals surface area contributed by atoms with Crippen LogP contribution in [-0.2, 0) is 52.2 Å². The van der Waals surface area contributed by atoms with Gasteiger partial charge >= 0.3 is 5.97 Å². The fraction of sp³-hybridized carbons (Fsp3) is 0.971. The Labute approximate surface area is 279 Å². The molecule has 0 bridgehead atoms. The number of carboxylic acids is 1. The predicted octanol–water partition coefficient (Wildman–Crippen LogP) is 4.94. The summed E-state index contributed by atoms with van der Waals surface area (Å²) in [6.45, 7) is 12.4. The zero-order valence-corrected chi connectivity index (χ0v) is 29.1. The van der Waals surface area contributed by atoms with Crippen molar-refractivity contribution in [1.82, 2.24) is 0 Å². The number of rotatable bonds is 42. The van der Waals surface area contributed by atoms with Crippen LogP contribution in [0.2, 0.25) is 0 Å². The molecule has 0 aliphatic carbocycles. The second kappa shape index (κ2) is 42.1. The van der Waals surface area contributed by atoms with E-state index in [1.54, 1.807) is 0 Å². The van der Waals surface area contributed by atoms with E-state index in [0.29, 0.717) is 119 Å². The van der Waals surface area contributed by atoms with Crippen molar-refractivity contribution in [2.45, 2.75) is 84.0 Å². The highest BCUT2D eigenvalue weighted by Crippen LogP contribution is 2.11. The van der Waals surface area contributed by atoms with Crippen LogP contribution in [-0.4, -0.2) is 143 Å². The number of carbonyl (C=O) groups is 1. The van der Waals surface area contributed by atoms with E-state index in [2.05, 4.69) is 6.92 Å². The van der Waals surface area contributed by atoms with Crippen molar-refractivity contribution >= 4 is 5.97 Å². The Morgan fingerprint density at radius 2 is 0.543 bits per heavy atom. The summed E-state index contributed by atoms with van der Waals surface area (Å²) in [5.74, 6) is -0.869. The highest BCUT2D eigenvalue weighted by molar-refractivity contribution is 5.66. The highest BCUT2D eigenvalue weighted by atomic mass is 16.6. The van der Waals surface area contributed by atoms with Gasteiger partial charge in [0.1, 0.15) is 0 Å². The van der Waals surface area contributed by atoms with Gasteiger partial charge in [0.25, 0.3) is 0 Å². The fourth-order valence-corrected chi connectivity index (χ4v) is 4.11. The van der Waals surface area contributed by atoms with Crippen molar-refractivity contribution in [3.8, 4) is 0 Å². The Bertz CT molecular complexity index is 570. The van der Waals surface area contributed by atoms with Gasteiger partial charge in [-0.25, -0.2) is 0 Å². The lowest BCUT2D eigenvalue weighted by molar-refractivity contribution is -0.138. The molecule has 0 saturated heterocycles. The molecule has 0 aromatic heterocycles. The molecule has 0 aromatic rings. The van der Waals surface area contributed by atoms with Crippen molar-refractivity contribution < 1.29 is 57.3 Å². The summed E-state index contributed by atoms with van der Waals surface area (Å²) >= 11 is 0. The lowest BCUT2D eigenvalue weighted by Gasteiger charge is -2.09. The van der Waals surface area contributed by atoms with Crippen LogP contribution in [0.1, 0.15) is 84.0 Å². The molecule has 0 radical (unpaired) electrons. The first kappa shape index (κ1) is 45.1. The molecule has 12 heteroatoms. The minimum atomic E-state index is -0.869. The average Bonchev–Trinajstić information content (AvgIpc) is 3.05. The Hall–Kier alpha value is -0.930. The summed E-state index contributed by atoms with van der Waals surface area (Å²) in [6.07, 6.45) is 14.8. The fourth-order valence-electron chi connectivity index (χ4n) is 4.11. The van der Waals surface area contributed by atoms with E-state index < -0.39 is 5.97 Å². The number of unbranched alkanes of at least 4 members (excludes halogenated alkanes) is 10. The maximum absolute atomic E-state index is 10.3. The van der Waals surface area contributed by atoms with E-state index in [1.807, 2.05) is 0 Å². The Kier molecular flexibility index (Phi) is 41.2. The molecule has 46 heavy (non-hydrogen) atoms. The quantitative estimate of drug-likeness (QED) is 0.0885. The van der Waals surface area contributed by atoms with Crippen LogP contribution in [0.15, 0.2) is 0 Å². The van der Waals surface area contributed by atoms with Crippen LogP contribution in [0.25, 0.3) is 0 Å². The molecule has 0 amide bonds. The summed E-state index contributed by atoms with van der Waals surface area (Å²) in [7, 11) is 0. The SMILES string of the molecule is CCCCCCCCCCCCCOCCOCCOCCOCCOCCOCCOCCOCCOCCOCCC(=O)O. The monoisotopic (exact) mass is 668 g/mol. The highest BCUT2D eigenvalue weighted by Gasteiger charge is 1.98. The molecule has 276 valence electrons. The van der Waals surface area contributed by atoms with Gasteiger partial charge in [-0.05, 0) is 6.42 Å². The third-order valence-electron chi connectivity index (χ3n) is 6.70. The van der Waals surface area contributed by atoms with Crippen molar-refractivity contribution in [3.63, 3.8) is 0 Å². The van der Waals surface area contributed by atoms with E-state index in [1.165, 1.54) is 64.2 Å². The summed E-state index contributed by atoms with van der Waals surface area (Å²) < 4.78 is 54.4. The zero-order chi connectivity index (χ0) is 33.3. The number of hydrogen-bond donors (Lipinski definition) is 1. The topological polar surface area (TPSA) is 130 Å². The van der Waals surface area contributed by atoms with E-state index in [-0.39, 0.29) is 13.0 Å². The molecular weight excluding hydrogens is 600 g/mol. The van der Waals surface area contributed by atoms with Gasteiger partial charge in [-0.2, -0.15) is 0 Å². The molecule has 1 N–H and O–H groups in total. The third kappa shape index (κ3) is 43.1. The molecular formula is C34H68O12. The van der Waals surface area contributed by atoms with Gasteiger partial charge in [-0.15, -0.1) is 0 Å². The summed E-state index contributed by atoms with van der Waals surface area (Å²) in [4.78, 5) is 10.3. The summed E-state index contributed by atoms with van der Waals surface area (Å²) in [5.41, 5.74) is 0. The number of ether oxygens (including phenoxy) is 10. The van der Waals surface area contributed by atoms with Crippen molar-refractivity contribution in [3.05, 3.63) is 0 Å². The first-order chi connectivity index (χ1) is 22.8. The molecule has 0 fully saturated rings. The van der Waals surface area contributed by atoms with E-state index in [9.17, 15) is 4.79 Å².